The van der Waals surface area contributed by atoms with Gasteiger partial charge < -0.3 is 4.57 Å². The predicted octanol–water partition coefficient (Wildman–Crippen LogP) is 2.14. The van der Waals surface area contributed by atoms with Crippen LogP contribution in [0.25, 0.3) is 17.1 Å². The Morgan fingerprint density at radius 1 is 1.33 bits per heavy atom. The van der Waals surface area contributed by atoms with E-state index in [9.17, 15) is 9.59 Å². The lowest BCUT2D eigenvalue weighted by molar-refractivity contribution is -0.115. The Hall–Kier alpha value is -2.87. The minimum atomic E-state index is -0.353. The van der Waals surface area contributed by atoms with Crippen LogP contribution in [-0.4, -0.2) is 30.5 Å². The Labute approximate surface area is 141 Å². The number of hydrogen-bond donors (Lipinski definition) is 1. The lowest BCUT2D eigenvalue weighted by Gasteiger charge is -2.03. The minimum absolute atomic E-state index is 0.339. The van der Waals surface area contributed by atoms with E-state index in [2.05, 4.69) is 15.4 Å². The van der Waals surface area contributed by atoms with Crippen molar-refractivity contribution in [1.29, 1.82) is 0 Å². The van der Waals surface area contributed by atoms with Crippen LogP contribution in [0.15, 0.2) is 41.8 Å². The molecule has 1 fully saturated rings. The molecule has 0 atom stereocenters. The Morgan fingerprint density at radius 2 is 2.21 bits per heavy atom. The Bertz CT molecular complexity index is 1000. The van der Waals surface area contributed by atoms with Crippen LogP contribution in [0, 0.1) is 0 Å². The third-order valence-corrected chi connectivity index (χ3v) is 4.51. The summed E-state index contributed by atoms with van der Waals surface area (Å²) in [5.74, 6) is -0.353. The number of imidazole rings is 1. The summed E-state index contributed by atoms with van der Waals surface area (Å²) < 4.78 is 3.79. The van der Waals surface area contributed by atoms with E-state index in [1.807, 2.05) is 42.2 Å². The van der Waals surface area contributed by atoms with Crippen molar-refractivity contribution in [3.05, 3.63) is 53.0 Å². The number of carbonyl (C=O) groups is 2. The first kappa shape index (κ1) is 14.7. The van der Waals surface area contributed by atoms with Crippen molar-refractivity contribution in [1.82, 2.24) is 24.6 Å². The van der Waals surface area contributed by atoms with Crippen molar-refractivity contribution in [2.45, 2.75) is 6.54 Å². The molecular formula is C16H13N5O2S. The minimum Gasteiger partial charge on any atom is -0.326 e. The summed E-state index contributed by atoms with van der Waals surface area (Å²) in [6, 6.07) is 5.75. The number of aromatic nitrogens is 4. The van der Waals surface area contributed by atoms with E-state index in [0.717, 1.165) is 33.9 Å². The van der Waals surface area contributed by atoms with Gasteiger partial charge in [0.15, 0.2) is 0 Å². The largest absolute Gasteiger partial charge is 0.326 e. The van der Waals surface area contributed by atoms with E-state index in [0.29, 0.717) is 11.4 Å². The summed E-state index contributed by atoms with van der Waals surface area (Å²) in [6.45, 7) is 0.665. The molecule has 7 nitrogen and oxygen atoms in total. The first-order chi connectivity index (χ1) is 11.6. The zero-order valence-corrected chi connectivity index (χ0v) is 13.6. The van der Waals surface area contributed by atoms with Crippen LogP contribution in [0.2, 0.25) is 0 Å². The highest BCUT2D eigenvalue weighted by Crippen LogP contribution is 2.26. The number of aryl methyl sites for hydroxylation is 1. The fourth-order valence-corrected chi connectivity index (χ4v) is 3.29. The van der Waals surface area contributed by atoms with Gasteiger partial charge in [0.1, 0.15) is 0 Å². The highest BCUT2D eigenvalue weighted by molar-refractivity contribution is 8.18. The maximum atomic E-state index is 11.7. The molecule has 2 amide bonds. The number of nitrogens with zero attached hydrogens (tertiary/aromatic N) is 4. The molecule has 0 saturated carbocycles. The van der Waals surface area contributed by atoms with Crippen molar-refractivity contribution in [2.75, 3.05) is 0 Å². The van der Waals surface area contributed by atoms with Crippen LogP contribution >= 0.6 is 11.8 Å². The molecular weight excluding hydrogens is 326 g/mol. The zero-order chi connectivity index (χ0) is 16.7. The predicted molar refractivity (Wildman–Crippen MR) is 91.1 cm³/mol. The number of fused-ring (bicyclic) bond motifs is 1. The lowest BCUT2D eigenvalue weighted by atomic mass is 10.2. The van der Waals surface area contributed by atoms with Gasteiger partial charge in [-0.15, -0.1) is 0 Å². The first-order valence-corrected chi connectivity index (χ1v) is 8.07. The monoisotopic (exact) mass is 339 g/mol. The average Bonchev–Trinajstić information content (AvgIpc) is 3.21. The van der Waals surface area contributed by atoms with Crippen LogP contribution in [0.4, 0.5) is 4.79 Å². The van der Waals surface area contributed by atoms with Crippen molar-refractivity contribution in [2.24, 2.45) is 7.05 Å². The molecule has 1 aromatic carbocycles. The fourth-order valence-electron chi connectivity index (χ4n) is 2.61. The Balaban J connectivity index is 1.69. The normalized spacial score (nSPS) is 16.3. The van der Waals surface area contributed by atoms with E-state index in [1.54, 1.807) is 17.1 Å². The van der Waals surface area contributed by atoms with E-state index in [-0.39, 0.29) is 11.1 Å². The third-order valence-electron chi connectivity index (χ3n) is 3.70. The van der Waals surface area contributed by atoms with Gasteiger partial charge in [-0.3, -0.25) is 19.6 Å². The number of imide groups is 1. The molecule has 2 aromatic heterocycles. The van der Waals surface area contributed by atoms with Crippen molar-refractivity contribution in [3.8, 4) is 0 Å². The second-order valence-electron chi connectivity index (χ2n) is 5.50. The van der Waals surface area contributed by atoms with Gasteiger partial charge in [0, 0.05) is 18.8 Å². The fraction of sp³-hybridized carbons (Fsp3) is 0.125. The van der Waals surface area contributed by atoms with Gasteiger partial charge in [-0.2, -0.15) is 5.10 Å². The topological polar surface area (TPSA) is 81.8 Å². The van der Waals surface area contributed by atoms with Crippen molar-refractivity contribution >= 4 is 40.0 Å². The molecule has 0 spiro atoms. The van der Waals surface area contributed by atoms with Gasteiger partial charge in [0.2, 0.25) is 0 Å². The number of rotatable bonds is 3. The number of hydrogen-bond acceptors (Lipinski definition) is 5. The Kier molecular flexibility index (Phi) is 3.46. The van der Waals surface area contributed by atoms with E-state index < -0.39 is 0 Å². The first-order valence-electron chi connectivity index (χ1n) is 7.26. The molecule has 3 heterocycles. The SMILES string of the molecule is Cn1cc(Cn2cnc3ccc(/C=C4/SC(=O)NC4=O)cc32)cn1. The van der Waals surface area contributed by atoms with Gasteiger partial charge >= 0.3 is 0 Å². The van der Waals surface area contributed by atoms with Gasteiger partial charge in [0.05, 0.1) is 35.0 Å². The van der Waals surface area contributed by atoms with Crippen LogP contribution in [0.5, 0.6) is 0 Å². The molecule has 1 saturated heterocycles. The van der Waals surface area contributed by atoms with Gasteiger partial charge in [0.25, 0.3) is 11.1 Å². The van der Waals surface area contributed by atoms with Gasteiger partial charge in [-0.05, 0) is 35.5 Å². The summed E-state index contributed by atoms with van der Waals surface area (Å²) in [4.78, 5) is 27.7. The molecule has 8 heteroatoms. The smallest absolute Gasteiger partial charge is 0.290 e. The summed E-state index contributed by atoms with van der Waals surface area (Å²) in [7, 11) is 1.88. The number of thioether (sulfide) groups is 1. The van der Waals surface area contributed by atoms with E-state index >= 15 is 0 Å². The molecule has 24 heavy (non-hydrogen) atoms. The second-order valence-corrected chi connectivity index (χ2v) is 6.51. The van der Waals surface area contributed by atoms with Crippen LogP contribution < -0.4 is 5.32 Å². The standard InChI is InChI=1S/C16H13N5O2S/c1-20-7-11(6-18-20)8-21-9-17-12-3-2-10(4-13(12)21)5-14-15(22)19-16(23)24-14/h2-7,9H,8H2,1H3,(H,19,22,23)/b14-5+. The summed E-state index contributed by atoms with van der Waals surface area (Å²) in [5, 5.41) is 6.09. The van der Waals surface area contributed by atoms with Gasteiger partial charge in [-0.25, -0.2) is 4.98 Å². The number of amides is 2. The number of nitrogens with one attached hydrogen (secondary N) is 1. The van der Waals surface area contributed by atoms with E-state index in [4.69, 9.17) is 0 Å². The molecule has 1 N–H and O–H groups in total. The molecule has 0 unspecified atom stereocenters. The zero-order valence-electron chi connectivity index (χ0n) is 12.8. The lowest BCUT2D eigenvalue weighted by Crippen LogP contribution is -2.17. The number of benzene rings is 1. The molecule has 120 valence electrons. The maximum Gasteiger partial charge on any atom is 0.290 e. The average molecular weight is 339 g/mol. The Morgan fingerprint density at radius 3 is 2.92 bits per heavy atom. The number of carbonyl (C=O) groups excluding carboxylic acids is 2. The summed E-state index contributed by atoms with van der Waals surface area (Å²) in [5.41, 5.74) is 3.77. The molecule has 1 aliphatic heterocycles. The highest BCUT2D eigenvalue weighted by Gasteiger charge is 2.24. The molecule has 1 aliphatic rings. The van der Waals surface area contributed by atoms with Crippen molar-refractivity contribution < 1.29 is 9.59 Å². The molecule has 0 aliphatic carbocycles. The molecule has 3 aromatic rings. The molecule has 0 bridgehead atoms. The van der Waals surface area contributed by atoms with Crippen molar-refractivity contribution in [3.63, 3.8) is 0 Å². The second kappa shape index (κ2) is 5.64. The van der Waals surface area contributed by atoms with Crippen LogP contribution in [0.3, 0.4) is 0 Å². The summed E-state index contributed by atoms with van der Waals surface area (Å²) in [6.07, 6.45) is 7.28. The maximum absolute atomic E-state index is 11.7. The molecule has 4 rings (SSSR count). The van der Waals surface area contributed by atoms with Crippen LogP contribution in [-0.2, 0) is 18.4 Å². The van der Waals surface area contributed by atoms with Gasteiger partial charge in [-0.1, -0.05) is 6.07 Å². The van der Waals surface area contributed by atoms with E-state index in [1.165, 1.54) is 0 Å². The molecule has 0 radical (unpaired) electrons. The summed E-state index contributed by atoms with van der Waals surface area (Å²) >= 11 is 0.914. The van der Waals surface area contributed by atoms with Crippen LogP contribution in [0.1, 0.15) is 11.1 Å². The highest BCUT2D eigenvalue weighted by atomic mass is 32.2. The third kappa shape index (κ3) is 2.71. The quantitative estimate of drug-likeness (QED) is 0.739.